The van der Waals surface area contributed by atoms with Crippen LogP contribution in [0.4, 0.5) is 17.6 Å². The van der Waals surface area contributed by atoms with E-state index in [4.69, 9.17) is 4.74 Å². The number of hydrogen-bond donors (Lipinski definition) is 0. The Morgan fingerprint density at radius 2 is 1.96 bits per heavy atom. The second-order valence-corrected chi connectivity index (χ2v) is 5.44. The quantitative estimate of drug-likeness (QED) is 0.569. The number of carbonyl (C=O) groups excluding carboxylic acids is 1. The maximum Gasteiger partial charge on any atom is 0.417 e. The van der Waals surface area contributed by atoms with Crippen molar-refractivity contribution in [2.45, 2.75) is 25.9 Å². The molecule has 1 aromatic rings. The number of nitrogens with zero attached hydrogens (tertiary/aromatic N) is 1. The number of rotatable bonds is 6. The van der Waals surface area contributed by atoms with Crippen LogP contribution in [0.5, 0.6) is 0 Å². The average Bonchev–Trinajstić information content (AvgIpc) is 2.54. The predicted molar refractivity (Wildman–Crippen MR) is 80.6 cm³/mol. The van der Waals surface area contributed by atoms with Crippen LogP contribution in [0.1, 0.15) is 31.0 Å². The highest BCUT2D eigenvalue weighted by Gasteiger charge is 2.31. The average molecular weight is 343 g/mol. The molecular formula is C17H17F4NO2. The van der Waals surface area contributed by atoms with Crippen LogP contribution in [0, 0.1) is 5.92 Å². The summed E-state index contributed by atoms with van der Waals surface area (Å²) in [4.78, 5) is 15.9. The minimum Gasteiger partial charge on any atom is -0.493 e. The summed E-state index contributed by atoms with van der Waals surface area (Å²) in [5.74, 6) is -0.421. The topological polar surface area (TPSA) is 39.2 Å². The first-order chi connectivity index (χ1) is 11.3. The van der Waals surface area contributed by atoms with E-state index in [2.05, 4.69) is 4.98 Å². The zero-order chi connectivity index (χ0) is 17.7. The molecule has 0 spiro atoms. The lowest BCUT2D eigenvalue weighted by Crippen LogP contribution is -2.17. The van der Waals surface area contributed by atoms with Gasteiger partial charge in [0, 0.05) is 18.2 Å². The van der Waals surface area contributed by atoms with Crippen LogP contribution in [-0.4, -0.2) is 24.0 Å². The lowest BCUT2D eigenvalue weighted by atomic mass is 9.89. The minimum atomic E-state index is -4.46. The van der Waals surface area contributed by atoms with E-state index in [9.17, 15) is 22.4 Å². The van der Waals surface area contributed by atoms with Gasteiger partial charge in [-0.25, -0.2) is 0 Å². The molecule has 2 rings (SSSR count). The monoisotopic (exact) mass is 343 g/mol. The summed E-state index contributed by atoms with van der Waals surface area (Å²) in [5.41, 5.74) is -0.0570. The van der Waals surface area contributed by atoms with Crippen molar-refractivity contribution in [3.63, 3.8) is 0 Å². The molecule has 7 heteroatoms. The fourth-order valence-electron chi connectivity index (χ4n) is 2.24. The molecule has 0 radical (unpaired) electrons. The van der Waals surface area contributed by atoms with E-state index in [1.807, 2.05) is 0 Å². The summed E-state index contributed by atoms with van der Waals surface area (Å²) >= 11 is 0. The molecule has 0 bridgehead atoms. The number of allylic oxidation sites excluding steroid dienone is 3. The first-order valence-electron chi connectivity index (χ1n) is 7.52. The first-order valence-corrected chi connectivity index (χ1v) is 7.52. The second kappa shape index (κ2) is 7.59. The summed E-state index contributed by atoms with van der Waals surface area (Å²) < 4.78 is 55.3. The molecule has 0 saturated carbocycles. The minimum absolute atomic E-state index is 0.213. The van der Waals surface area contributed by atoms with Gasteiger partial charge in [0.25, 0.3) is 0 Å². The highest BCUT2D eigenvalue weighted by atomic mass is 19.4. The Hall–Kier alpha value is -2.18. The fraction of sp³-hybridized carbons (Fsp3) is 0.412. The van der Waals surface area contributed by atoms with Gasteiger partial charge in [-0.1, -0.05) is 6.92 Å². The van der Waals surface area contributed by atoms with E-state index < -0.39 is 24.3 Å². The Balaban J connectivity index is 2.18. The molecule has 0 aromatic carbocycles. The third-order valence-electron chi connectivity index (χ3n) is 3.66. The Kier molecular flexibility index (Phi) is 5.75. The van der Waals surface area contributed by atoms with Gasteiger partial charge in [-0.2, -0.15) is 13.2 Å². The number of ether oxygens (including phenoxy) is 1. The predicted octanol–water partition coefficient (Wildman–Crippen LogP) is 4.35. The van der Waals surface area contributed by atoms with Crippen LogP contribution in [-0.2, 0) is 15.7 Å². The first kappa shape index (κ1) is 18.2. The smallest absolute Gasteiger partial charge is 0.417 e. The summed E-state index contributed by atoms with van der Waals surface area (Å²) in [5, 5.41) is 0. The van der Waals surface area contributed by atoms with Crippen molar-refractivity contribution >= 4 is 11.4 Å². The standard InChI is InChI=1S/C17H17F4NO2/c1-11-14(15-5-4-12(10-22-15)17(19,20)21)8-13(9-16(11)23)24-7-3-2-6-18/h4-5,8-11H,2-3,6-7H2,1H3. The van der Waals surface area contributed by atoms with E-state index in [0.717, 1.165) is 12.3 Å². The molecule has 24 heavy (non-hydrogen) atoms. The molecule has 1 atom stereocenters. The molecule has 0 fully saturated rings. The molecule has 0 saturated heterocycles. The molecule has 0 amide bonds. The third kappa shape index (κ3) is 4.43. The van der Waals surface area contributed by atoms with E-state index in [1.54, 1.807) is 13.0 Å². The van der Waals surface area contributed by atoms with Crippen LogP contribution in [0.25, 0.3) is 5.57 Å². The summed E-state index contributed by atoms with van der Waals surface area (Å²) in [6.07, 6.45) is 0.102. The van der Waals surface area contributed by atoms with Gasteiger partial charge in [0.15, 0.2) is 5.78 Å². The second-order valence-electron chi connectivity index (χ2n) is 5.44. The van der Waals surface area contributed by atoms with Gasteiger partial charge in [-0.15, -0.1) is 0 Å². The van der Waals surface area contributed by atoms with E-state index in [0.29, 0.717) is 29.9 Å². The largest absolute Gasteiger partial charge is 0.493 e. The molecule has 1 aromatic heterocycles. The van der Waals surface area contributed by atoms with Crippen molar-refractivity contribution in [2.24, 2.45) is 5.92 Å². The fourth-order valence-corrected chi connectivity index (χ4v) is 2.24. The van der Waals surface area contributed by atoms with E-state index in [-0.39, 0.29) is 12.4 Å². The van der Waals surface area contributed by atoms with Gasteiger partial charge in [-0.05, 0) is 36.6 Å². The number of ketones is 1. The normalized spacial score (nSPS) is 18.2. The lowest BCUT2D eigenvalue weighted by molar-refractivity contribution is -0.137. The summed E-state index contributed by atoms with van der Waals surface area (Å²) in [6.45, 7) is 1.49. The number of halogens is 4. The van der Waals surface area contributed by atoms with Gasteiger partial charge in [0.05, 0.1) is 24.5 Å². The van der Waals surface area contributed by atoms with Crippen LogP contribution in [0.15, 0.2) is 36.2 Å². The van der Waals surface area contributed by atoms with Crippen molar-refractivity contribution in [3.05, 3.63) is 47.5 Å². The molecule has 1 unspecified atom stereocenters. The zero-order valence-electron chi connectivity index (χ0n) is 13.1. The molecule has 1 aliphatic rings. The van der Waals surface area contributed by atoms with Gasteiger partial charge in [0.1, 0.15) is 5.76 Å². The Morgan fingerprint density at radius 1 is 1.21 bits per heavy atom. The molecule has 130 valence electrons. The summed E-state index contributed by atoms with van der Waals surface area (Å²) in [7, 11) is 0. The maximum absolute atomic E-state index is 12.6. The zero-order valence-corrected chi connectivity index (χ0v) is 13.1. The molecule has 0 N–H and O–H groups in total. The Morgan fingerprint density at radius 3 is 2.54 bits per heavy atom. The maximum atomic E-state index is 12.6. The number of pyridine rings is 1. The van der Waals surface area contributed by atoms with Crippen molar-refractivity contribution in [1.82, 2.24) is 4.98 Å². The lowest BCUT2D eigenvalue weighted by Gasteiger charge is -2.20. The number of aromatic nitrogens is 1. The van der Waals surface area contributed by atoms with Gasteiger partial charge in [-0.3, -0.25) is 14.2 Å². The van der Waals surface area contributed by atoms with Gasteiger partial charge in [0.2, 0.25) is 0 Å². The highest BCUT2D eigenvalue weighted by Crippen LogP contribution is 2.32. The number of unbranched alkanes of at least 4 members (excludes halogenated alkanes) is 1. The molecule has 1 heterocycles. The SMILES string of the molecule is CC1C(=O)C=C(OCCCCF)C=C1c1ccc(C(F)(F)F)cn1. The number of alkyl halides is 4. The Labute approximate surface area is 137 Å². The molecular weight excluding hydrogens is 326 g/mol. The molecule has 1 aliphatic carbocycles. The number of hydrogen-bond acceptors (Lipinski definition) is 3. The van der Waals surface area contributed by atoms with Crippen LogP contribution in [0.2, 0.25) is 0 Å². The molecule has 0 aliphatic heterocycles. The van der Waals surface area contributed by atoms with Crippen LogP contribution >= 0.6 is 0 Å². The summed E-state index contributed by atoms with van der Waals surface area (Å²) in [6, 6.07) is 2.17. The number of carbonyl (C=O) groups is 1. The van der Waals surface area contributed by atoms with Crippen molar-refractivity contribution in [2.75, 3.05) is 13.3 Å². The van der Waals surface area contributed by atoms with Crippen LogP contribution < -0.4 is 0 Å². The van der Waals surface area contributed by atoms with E-state index in [1.165, 1.54) is 12.1 Å². The van der Waals surface area contributed by atoms with E-state index >= 15 is 0 Å². The molecule has 3 nitrogen and oxygen atoms in total. The van der Waals surface area contributed by atoms with Crippen LogP contribution in [0.3, 0.4) is 0 Å². The third-order valence-corrected chi connectivity index (χ3v) is 3.66. The Bertz CT molecular complexity index is 648. The van der Waals surface area contributed by atoms with Crippen molar-refractivity contribution in [3.8, 4) is 0 Å². The highest BCUT2D eigenvalue weighted by molar-refractivity contribution is 6.02. The van der Waals surface area contributed by atoms with Crippen molar-refractivity contribution in [1.29, 1.82) is 0 Å². The van der Waals surface area contributed by atoms with Gasteiger partial charge >= 0.3 is 6.18 Å². The van der Waals surface area contributed by atoms with Crippen molar-refractivity contribution < 1.29 is 27.1 Å². The van der Waals surface area contributed by atoms with Gasteiger partial charge < -0.3 is 4.74 Å².